The van der Waals surface area contributed by atoms with Crippen LogP contribution in [0.1, 0.15) is 45.4 Å². The summed E-state index contributed by atoms with van der Waals surface area (Å²) in [5, 5.41) is 0. The van der Waals surface area contributed by atoms with Crippen LogP contribution in [0.5, 0.6) is 0 Å². The third-order valence-electron chi connectivity index (χ3n) is 5.33. The van der Waals surface area contributed by atoms with E-state index in [2.05, 4.69) is 18.9 Å². The van der Waals surface area contributed by atoms with Gasteiger partial charge in [-0.05, 0) is 38.6 Å². The number of likely N-dealkylation sites (N-methyl/N-ethyl adjacent to an activating group) is 1. The van der Waals surface area contributed by atoms with E-state index in [1.807, 2.05) is 0 Å². The average Bonchev–Trinajstić information content (AvgIpc) is 2.61. The highest BCUT2D eigenvalue weighted by Gasteiger charge is 2.41. The van der Waals surface area contributed by atoms with Gasteiger partial charge in [-0.1, -0.05) is 19.8 Å². The standard InChI is InChI=1S/C14H28N2O2S/c1-12-4-3-7-14(11-15,8-5-12)16(2)13-6-9-19(17,18)10-13/h12-13H,3-11,15H2,1-2H3. The van der Waals surface area contributed by atoms with E-state index < -0.39 is 9.84 Å². The van der Waals surface area contributed by atoms with Gasteiger partial charge in [0.15, 0.2) is 9.84 Å². The van der Waals surface area contributed by atoms with Crippen LogP contribution in [0.25, 0.3) is 0 Å². The van der Waals surface area contributed by atoms with E-state index in [0.717, 1.165) is 25.2 Å². The quantitative estimate of drug-likeness (QED) is 0.797. The summed E-state index contributed by atoms with van der Waals surface area (Å²) in [7, 11) is -0.725. The van der Waals surface area contributed by atoms with Crippen molar-refractivity contribution < 1.29 is 8.42 Å². The first kappa shape index (κ1) is 15.3. The molecule has 112 valence electrons. The monoisotopic (exact) mass is 288 g/mol. The molecular formula is C14H28N2O2S. The molecule has 1 aliphatic carbocycles. The van der Waals surface area contributed by atoms with Crippen molar-refractivity contribution in [3.63, 3.8) is 0 Å². The molecule has 3 unspecified atom stereocenters. The molecule has 0 spiro atoms. The highest BCUT2D eigenvalue weighted by Crippen LogP contribution is 2.36. The molecule has 0 bridgehead atoms. The summed E-state index contributed by atoms with van der Waals surface area (Å²) >= 11 is 0. The molecule has 1 saturated heterocycles. The van der Waals surface area contributed by atoms with Gasteiger partial charge in [-0.15, -0.1) is 0 Å². The Balaban J connectivity index is 2.12. The number of nitrogens with two attached hydrogens (primary N) is 1. The number of hydrogen-bond donors (Lipinski definition) is 1. The summed E-state index contributed by atoms with van der Waals surface area (Å²) in [5.41, 5.74) is 6.12. The van der Waals surface area contributed by atoms with Gasteiger partial charge in [0.25, 0.3) is 0 Å². The van der Waals surface area contributed by atoms with E-state index in [4.69, 9.17) is 5.73 Å². The predicted octanol–water partition coefficient (Wildman–Crippen LogP) is 1.40. The first-order valence-electron chi connectivity index (χ1n) is 7.52. The zero-order chi connectivity index (χ0) is 14.1. The van der Waals surface area contributed by atoms with Crippen LogP contribution in [-0.4, -0.2) is 50.0 Å². The van der Waals surface area contributed by atoms with Crippen molar-refractivity contribution >= 4 is 9.84 Å². The minimum Gasteiger partial charge on any atom is -0.329 e. The largest absolute Gasteiger partial charge is 0.329 e. The summed E-state index contributed by atoms with van der Waals surface area (Å²) in [6.07, 6.45) is 6.69. The summed E-state index contributed by atoms with van der Waals surface area (Å²) < 4.78 is 23.4. The molecular weight excluding hydrogens is 260 g/mol. The molecule has 0 aromatic rings. The van der Waals surface area contributed by atoms with E-state index in [-0.39, 0.29) is 11.6 Å². The fourth-order valence-electron chi connectivity index (χ4n) is 3.73. The SMILES string of the molecule is CC1CCCC(CN)(N(C)C2CCS(=O)(=O)C2)CC1. The fraction of sp³-hybridized carbons (Fsp3) is 1.00. The van der Waals surface area contributed by atoms with Crippen LogP contribution in [-0.2, 0) is 9.84 Å². The minimum atomic E-state index is -2.82. The van der Waals surface area contributed by atoms with Crippen molar-refractivity contribution in [2.45, 2.75) is 57.0 Å². The molecule has 2 fully saturated rings. The molecule has 4 nitrogen and oxygen atoms in total. The molecule has 1 aliphatic heterocycles. The number of nitrogens with zero attached hydrogens (tertiary/aromatic N) is 1. The van der Waals surface area contributed by atoms with Gasteiger partial charge in [-0.25, -0.2) is 8.42 Å². The van der Waals surface area contributed by atoms with Crippen LogP contribution in [0, 0.1) is 5.92 Å². The molecule has 2 aliphatic rings. The smallest absolute Gasteiger partial charge is 0.151 e. The maximum Gasteiger partial charge on any atom is 0.151 e. The summed E-state index contributed by atoms with van der Waals surface area (Å²) in [6, 6.07) is 0.168. The van der Waals surface area contributed by atoms with Gasteiger partial charge in [-0.2, -0.15) is 0 Å². The van der Waals surface area contributed by atoms with E-state index in [1.165, 1.54) is 19.3 Å². The minimum absolute atomic E-state index is 0.0231. The Labute approximate surface area is 117 Å². The lowest BCUT2D eigenvalue weighted by molar-refractivity contribution is 0.0713. The molecule has 5 heteroatoms. The predicted molar refractivity (Wildman–Crippen MR) is 78.9 cm³/mol. The molecule has 0 amide bonds. The third-order valence-corrected chi connectivity index (χ3v) is 7.08. The lowest BCUT2D eigenvalue weighted by atomic mass is 9.86. The Kier molecular flexibility index (Phi) is 4.58. The lowest BCUT2D eigenvalue weighted by Gasteiger charge is -2.44. The van der Waals surface area contributed by atoms with Crippen LogP contribution < -0.4 is 5.73 Å². The molecule has 2 N–H and O–H groups in total. The van der Waals surface area contributed by atoms with Gasteiger partial charge in [0.05, 0.1) is 11.5 Å². The Morgan fingerprint density at radius 3 is 2.58 bits per heavy atom. The van der Waals surface area contributed by atoms with Crippen molar-refractivity contribution in [1.82, 2.24) is 4.90 Å². The summed E-state index contributed by atoms with van der Waals surface area (Å²) in [5.74, 6) is 1.44. The van der Waals surface area contributed by atoms with Gasteiger partial charge in [-0.3, -0.25) is 4.90 Å². The fourth-order valence-corrected chi connectivity index (χ4v) is 5.51. The Morgan fingerprint density at radius 1 is 1.26 bits per heavy atom. The highest BCUT2D eigenvalue weighted by molar-refractivity contribution is 7.91. The van der Waals surface area contributed by atoms with Crippen LogP contribution >= 0.6 is 0 Å². The first-order chi connectivity index (χ1) is 8.88. The van der Waals surface area contributed by atoms with Crippen molar-refractivity contribution in [3.8, 4) is 0 Å². The molecule has 0 aromatic carbocycles. The van der Waals surface area contributed by atoms with Crippen LogP contribution in [0.4, 0.5) is 0 Å². The lowest BCUT2D eigenvalue weighted by Crippen LogP contribution is -2.56. The number of hydrogen-bond acceptors (Lipinski definition) is 4. The van der Waals surface area contributed by atoms with Crippen molar-refractivity contribution in [3.05, 3.63) is 0 Å². The second-order valence-corrected chi connectivity index (χ2v) is 8.86. The van der Waals surface area contributed by atoms with Gasteiger partial charge in [0.2, 0.25) is 0 Å². The Morgan fingerprint density at radius 2 is 2.00 bits per heavy atom. The maximum absolute atomic E-state index is 11.7. The molecule has 1 saturated carbocycles. The van der Waals surface area contributed by atoms with E-state index in [0.29, 0.717) is 18.1 Å². The maximum atomic E-state index is 11.7. The van der Waals surface area contributed by atoms with Crippen LogP contribution in [0.15, 0.2) is 0 Å². The molecule has 0 aromatic heterocycles. The van der Waals surface area contributed by atoms with Crippen molar-refractivity contribution in [2.75, 3.05) is 25.1 Å². The van der Waals surface area contributed by atoms with Crippen LogP contribution in [0.2, 0.25) is 0 Å². The number of rotatable bonds is 3. The first-order valence-corrected chi connectivity index (χ1v) is 9.34. The Bertz CT molecular complexity index is 410. The van der Waals surface area contributed by atoms with E-state index >= 15 is 0 Å². The second-order valence-electron chi connectivity index (χ2n) is 6.63. The summed E-state index contributed by atoms with van der Waals surface area (Å²) in [4.78, 5) is 2.32. The molecule has 3 atom stereocenters. The Hall–Kier alpha value is -0.130. The van der Waals surface area contributed by atoms with Gasteiger partial charge in [0, 0.05) is 18.1 Å². The van der Waals surface area contributed by atoms with E-state index in [1.54, 1.807) is 0 Å². The van der Waals surface area contributed by atoms with Crippen molar-refractivity contribution in [1.29, 1.82) is 0 Å². The number of sulfone groups is 1. The molecule has 19 heavy (non-hydrogen) atoms. The molecule has 2 rings (SSSR count). The average molecular weight is 288 g/mol. The normalized spacial score (nSPS) is 39.4. The topological polar surface area (TPSA) is 63.4 Å². The van der Waals surface area contributed by atoms with Gasteiger partial charge in [0.1, 0.15) is 0 Å². The third kappa shape index (κ3) is 3.31. The summed E-state index contributed by atoms with van der Waals surface area (Å²) in [6.45, 7) is 2.96. The zero-order valence-electron chi connectivity index (χ0n) is 12.3. The molecule has 1 heterocycles. The molecule has 0 radical (unpaired) electrons. The second kappa shape index (κ2) is 5.70. The van der Waals surface area contributed by atoms with Crippen LogP contribution in [0.3, 0.4) is 0 Å². The van der Waals surface area contributed by atoms with Crippen molar-refractivity contribution in [2.24, 2.45) is 11.7 Å². The van der Waals surface area contributed by atoms with Gasteiger partial charge < -0.3 is 5.73 Å². The zero-order valence-corrected chi connectivity index (χ0v) is 13.1. The van der Waals surface area contributed by atoms with Gasteiger partial charge >= 0.3 is 0 Å². The highest BCUT2D eigenvalue weighted by atomic mass is 32.2. The van der Waals surface area contributed by atoms with E-state index in [9.17, 15) is 8.42 Å².